The van der Waals surface area contributed by atoms with Gasteiger partial charge in [0.2, 0.25) is 5.91 Å². The Morgan fingerprint density at radius 2 is 1.79 bits per heavy atom. The Labute approximate surface area is 143 Å². The van der Waals surface area contributed by atoms with E-state index in [4.69, 9.17) is 4.74 Å². The molecule has 0 saturated carbocycles. The van der Waals surface area contributed by atoms with Gasteiger partial charge in [-0.05, 0) is 43.0 Å². The number of aryl methyl sites for hydroxylation is 1. The highest BCUT2D eigenvalue weighted by atomic mass is 16.5. The first kappa shape index (κ1) is 18.0. The summed E-state index contributed by atoms with van der Waals surface area (Å²) >= 11 is 0. The number of aliphatic hydroxyl groups is 1. The normalized spacial score (nSPS) is 13.1. The van der Waals surface area contributed by atoms with Crippen LogP contribution >= 0.6 is 0 Å². The van der Waals surface area contributed by atoms with E-state index in [0.29, 0.717) is 6.42 Å². The fraction of sp³-hybridized carbons (Fsp3) is 0.350. The number of amides is 1. The maximum absolute atomic E-state index is 12.0. The van der Waals surface area contributed by atoms with Crippen LogP contribution in [0.4, 0.5) is 0 Å². The van der Waals surface area contributed by atoms with Crippen LogP contribution in [0, 0.1) is 0 Å². The van der Waals surface area contributed by atoms with Crippen molar-refractivity contribution < 1.29 is 14.6 Å². The Morgan fingerprint density at radius 1 is 1.12 bits per heavy atom. The molecule has 1 unspecified atom stereocenters. The molecular weight excluding hydrogens is 302 g/mol. The van der Waals surface area contributed by atoms with Gasteiger partial charge in [-0.2, -0.15) is 0 Å². The molecule has 4 heteroatoms. The maximum Gasteiger partial charge on any atom is 0.220 e. The fourth-order valence-corrected chi connectivity index (χ4v) is 2.50. The van der Waals surface area contributed by atoms with E-state index in [1.165, 1.54) is 5.56 Å². The molecule has 0 bridgehead atoms. The van der Waals surface area contributed by atoms with E-state index in [1.54, 1.807) is 14.0 Å². The molecule has 128 valence electrons. The van der Waals surface area contributed by atoms with Crippen molar-refractivity contribution in [2.45, 2.75) is 31.8 Å². The lowest BCUT2D eigenvalue weighted by atomic mass is 9.96. The molecule has 0 heterocycles. The van der Waals surface area contributed by atoms with E-state index >= 15 is 0 Å². The van der Waals surface area contributed by atoms with Crippen LogP contribution in [0.5, 0.6) is 5.75 Å². The lowest BCUT2D eigenvalue weighted by Gasteiger charge is -2.24. The van der Waals surface area contributed by atoms with Gasteiger partial charge in [-0.15, -0.1) is 0 Å². The summed E-state index contributed by atoms with van der Waals surface area (Å²) in [4.78, 5) is 12.0. The van der Waals surface area contributed by atoms with Crippen molar-refractivity contribution in [3.05, 3.63) is 65.7 Å². The summed E-state index contributed by atoms with van der Waals surface area (Å²) in [6.45, 7) is 1.92. The van der Waals surface area contributed by atoms with Gasteiger partial charge >= 0.3 is 0 Å². The highest BCUT2D eigenvalue weighted by molar-refractivity contribution is 5.75. The lowest BCUT2D eigenvalue weighted by molar-refractivity contribution is -0.122. The number of carbonyl (C=O) groups is 1. The van der Waals surface area contributed by atoms with Crippen molar-refractivity contribution in [2.24, 2.45) is 0 Å². The van der Waals surface area contributed by atoms with Crippen molar-refractivity contribution in [1.29, 1.82) is 0 Å². The number of carbonyl (C=O) groups excluding carboxylic acids is 1. The number of methoxy groups -OCH3 is 1. The van der Waals surface area contributed by atoms with Gasteiger partial charge in [0.25, 0.3) is 0 Å². The summed E-state index contributed by atoms with van der Waals surface area (Å²) in [7, 11) is 1.64. The number of hydrogen-bond donors (Lipinski definition) is 2. The first-order valence-electron chi connectivity index (χ1n) is 8.19. The fourth-order valence-electron chi connectivity index (χ4n) is 2.50. The van der Waals surface area contributed by atoms with Gasteiger partial charge in [0.1, 0.15) is 11.4 Å². The van der Waals surface area contributed by atoms with Crippen molar-refractivity contribution in [2.75, 3.05) is 13.7 Å². The Kier molecular flexibility index (Phi) is 6.38. The zero-order valence-electron chi connectivity index (χ0n) is 14.3. The zero-order valence-corrected chi connectivity index (χ0v) is 14.3. The molecule has 0 radical (unpaired) electrons. The average Bonchev–Trinajstić information content (AvgIpc) is 2.61. The third-order valence-corrected chi connectivity index (χ3v) is 4.05. The summed E-state index contributed by atoms with van der Waals surface area (Å²) in [5.74, 6) is 0.791. The quantitative estimate of drug-likeness (QED) is 0.783. The number of rotatable bonds is 8. The first-order chi connectivity index (χ1) is 11.5. The molecule has 2 rings (SSSR count). The topological polar surface area (TPSA) is 58.6 Å². The Bertz CT molecular complexity index is 636. The van der Waals surface area contributed by atoms with Crippen LogP contribution in [0.25, 0.3) is 0 Å². The highest BCUT2D eigenvalue weighted by Gasteiger charge is 2.23. The molecule has 0 spiro atoms. The predicted molar refractivity (Wildman–Crippen MR) is 95.0 cm³/mol. The molecule has 0 fully saturated rings. The van der Waals surface area contributed by atoms with Crippen molar-refractivity contribution in [3.63, 3.8) is 0 Å². The van der Waals surface area contributed by atoms with E-state index in [1.807, 2.05) is 54.6 Å². The molecule has 4 nitrogen and oxygen atoms in total. The van der Waals surface area contributed by atoms with Gasteiger partial charge in [0, 0.05) is 6.42 Å². The van der Waals surface area contributed by atoms with E-state index in [-0.39, 0.29) is 12.5 Å². The summed E-state index contributed by atoms with van der Waals surface area (Å²) in [5, 5.41) is 13.3. The zero-order chi connectivity index (χ0) is 17.4. The van der Waals surface area contributed by atoms with Crippen molar-refractivity contribution in [3.8, 4) is 5.75 Å². The van der Waals surface area contributed by atoms with Gasteiger partial charge in [-0.25, -0.2) is 0 Å². The predicted octanol–water partition coefficient (Wildman–Crippen LogP) is 3.04. The van der Waals surface area contributed by atoms with Crippen LogP contribution in [0.1, 0.15) is 30.9 Å². The minimum Gasteiger partial charge on any atom is -0.497 e. The van der Waals surface area contributed by atoms with E-state index < -0.39 is 5.60 Å². The maximum atomic E-state index is 12.0. The van der Waals surface area contributed by atoms with Crippen LogP contribution in [0.15, 0.2) is 54.6 Å². The SMILES string of the molecule is COc1ccc(CCCC(=O)NCC(C)(O)c2ccccc2)cc1. The second-order valence-electron chi connectivity index (χ2n) is 6.12. The molecule has 2 aromatic rings. The van der Waals surface area contributed by atoms with Gasteiger partial charge in [-0.3, -0.25) is 4.79 Å². The Balaban J connectivity index is 1.73. The van der Waals surface area contributed by atoms with Crippen LogP contribution < -0.4 is 10.1 Å². The highest BCUT2D eigenvalue weighted by Crippen LogP contribution is 2.19. The molecule has 1 atom stereocenters. The van der Waals surface area contributed by atoms with Crippen LogP contribution in [0.2, 0.25) is 0 Å². The monoisotopic (exact) mass is 327 g/mol. The van der Waals surface area contributed by atoms with Gasteiger partial charge in [0.05, 0.1) is 13.7 Å². The van der Waals surface area contributed by atoms with Crippen LogP contribution in [-0.2, 0) is 16.8 Å². The van der Waals surface area contributed by atoms with Crippen molar-refractivity contribution >= 4 is 5.91 Å². The molecule has 1 amide bonds. The third-order valence-electron chi connectivity index (χ3n) is 4.05. The van der Waals surface area contributed by atoms with E-state index in [9.17, 15) is 9.90 Å². The standard InChI is InChI=1S/C20H25NO3/c1-20(23,17-8-4-3-5-9-17)15-21-19(22)10-6-7-16-11-13-18(24-2)14-12-16/h3-5,8-9,11-14,23H,6-7,10,15H2,1-2H3,(H,21,22). The van der Waals surface area contributed by atoms with Gasteiger partial charge in [-0.1, -0.05) is 42.5 Å². The van der Waals surface area contributed by atoms with Crippen LogP contribution in [0.3, 0.4) is 0 Å². The summed E-state index contributed by atoms with van der Waals surface area (Å²) in [6.07, 6.45) is 2.05. The molecule has 0 aliphatic carbocycles. The number of benzene rings is 2. The summed E-state index contributed by atoms with van der Waals surface area (Å²) in [5.41, 5.74) is 0.913. The second kappa shape index (κ2) is 8.50. The Hall–Kier alpha value is -2.33. The van der Waals surface area contributed by atoms with Gasteiger partial charge < -0.3 is 15.2 Å². The second-order valence-corrected chi connectivity index (χ2v) is 6.12. The Morgan fingerprint density at radius 3 is 2.42 bits per heavy atom. The van der Waals surface area contributed by atoms with Crippen molar-refractivity contribution in [1.82, 2.24) is 5.32 Å². The minimum atomic E-state index is -1.06. The molecule has 0 aliphatic rings. The molecule has 0 aliphatic heterocycles. The molecule has 24 heavy (non-hydrogen) atoms. The largest absolute Gasteiger partial charge is 0.497 e. The van der Waals surface area contributed by atoms with E-state index in [0.717, 1.165) is 24.2 Å². The molecule has 0 saturated heterocycles. The number of nitrogens with one attached hydrogen (secondary N) is 1. The summed E-state index contributed by atoms with van der Waals surface area (Å²) in [6, 6.07) is 17.2. The molecule has 2 aromatic carbocycles. The summed E-state index contributed by atoms with van der Waals surface area (Å²) < 4.78 is 5.12. The van der Waals surface area contributed by atoms with Crippen LogP contribution in [-0.4, -0.2) is 24.7 Å². The average molecular weight is 327 g/mol. The molecule has 2 N–H and O–H groups in total. The smallest absolute Gasteiger partial charge is 0.220 e. The molecule has 0 aromatic heterocycles. The molecular formula is C20H25NO3. The number of hydrogen-bond acceptors (Lipinski definition) is 3. The minimum absolute atomic E-state index is 0.0419. The van der Waals surface area contributed by atoms with Gasteiger partial charge in [0.15, 0.2) is 0 Å². The third kappa shape index (κ3) is 5.39. The lowest BCUT2D eigenvalue weighted by Crippen LogP contribution is -2.38. The van der Waals surface area contributed by atoms with E-state index in [2.05, 4.69) is 5.32 Å². The number of ether oxygens (including phenoxy) is 1. The first-order valence-corrected chi connectivity index (χ1v) is 8.19.